The molecular formula is C18H24N2O4. The molecule has 3 N–H and O–H groups in total. The van der Waals surface area contributed by atoms with Crippen molar-refractivity contribution in [1.82, 2.24) is 10.3 Å². The van der Waals surface area contributed by atoms with Gasteiger partial charge in [0, 0.05) is 17.3 Å². The van der Waals surface area contributed by atoms with E-state index in [0.717, 1.165) is 5.69 Å². The zero-order chi connectivity index (χ0) is 17.9. The number of aromatic amines is 1. The van der Waals surface area contributed by atoms with Gasteiger partial charge in [-0.25, -0.2) is 0 Å². The maximum Gasteiger partial charge on any atom is 0.251 e. The minimum absolute atomic E-state index is 0.0227. The van der Waals surface area contributed by atoms with E-state index in [-0.39, 0.29) is 17.7 Å². The fraction of sp³-hybridized carbons (Fsp3) is 0.444. The number of nitrogens with one attached hydrogen (secondary N) is 2. The summed E-state index contributed by atoms with van der Waals surface area (Å²) in [6.07, 6.45) is 0.680. The van der Waals surface area contributed by atoms with Gasteiger partial charge < -0.3 is 19.8 Å². The Balaban J connectivity index is 2.09. The highest BCUT2D eigenvalue weighted by molar-refractivity contribution is 5.94. The predicted molar refractivity (Wildman–Crippen MR) is 91.0 cm³/mol. The standard InChI is InChI=1S/C18H24N2O4/c1-11(2)7-14-8-13(9-16(21)20-14)17(22)19-10-18(4,23)15-6-5-12(3)24-15/h5-6,8-9,11,23H,7,10H2,1-4H3,(H,19,22)(H,20,21). The molecule has 0 bridgehead atoms. The van der Waals surface area contributed by atoms with E-state index in [1.165, 1.54) is 6.07 Å². The van der Waals surface area contributed by atoms with Gasteiger partial charge in [0.25, 0.3) is 5.91 Å². The molecule has 1 amide bonds. The number of carbonyl (C=O) groups is 1. The average molecular weight is 332 g/mol. The van der Waals surface area contributed by atoms with Gasteiger partial charge in [0.1, 0.15) is 17.1 Å². The summed E-state index contributed by atoms with van der Waals surface area (Å²) in [5, 5.41) is 13.1. The van der Waals surface area contributed by atoms with Crippen LogP contribution in [0.1, 0.15) is 48.3 Å². The number of hydrogen-bond acceptors (Lipinski definition) is 4. The first-order chi connectivity index (χ1) is 11.2. The van der Waals surface area contributed by atoms with Crippen molar-refractivity contribution < 1.29 is 14.3 Å². The van der Waals surface area contributed by atoms with Gasteiger partial charge in [-0.3, -0.25) is 9.59 Å². The Morgan fingerprint density at radius 2 is 2.08 bits per heavy atom. The van der Waals surface area contributed by atoms with E-state index in [2.05, 4.69) is 10.3 Å². The van der Waals surface area contributed by atoms with Gasteiger partial charge in [-0.1, -0.05) is 13.8 Å². The molecule has 6 heteroatoms. The van der Waals surface area contributed by atoms with Gasteiger partial charge in [0.05, 0.1) is 6.54 Å². The maximum atomic E-state index is 12.3. The molecule has 2 aromatic rings. The summed E-state index contributed by atoms with van der Waals surface area (Å²) in [5.41, 5.74) is -0.644. The molecule has 24 heavy (non-hydrogen) atoms. The van der Waals surface area contributed by atoms with Gasteiger partial charge in [-0.15, -0.1) is 0 Å². The molecule has 0 saturated heterocycles. The Kier molecular flexibility index (Phi) is 5.29. The van der Waals surface area contributed by atoms with Crippen LogP contribution in [0.3, 0.4) is 0 Å². The second-order valence-electron chi connectivity index (χ2n) is 6.72. The second kappa shape index (κ2) is 7.05. The van der Waals surface area contributed by atoms with Crippen molar-refractivity contribution >= 4 is 5.91 Å². The van der Waals surface area contributed by atoms with Crippen molar-refractivity contribution in [3.05, 3.63) is 57.4 Å². The summed E-state index contributed by atoms with van der Waals surface area (Å²) in [6.45, 7) is 7.39. The predicted octanol–water partition coefficient (Wildman–Crippen LogP) is 2.11. The van der Waals surface area contributed by atoms with Crippen LogP contribution in [0.15, 0.2) is 33.5 Å². The average Bonchev–Trinajstić information content (AvgIpc) is 2.91. The molecule has 0 aliphatic rings. The Labute approximate surface area is 140 Å². The van der Waals surface area contributed by atoms with Crippen molar-refractivity contribution in [3.8, 4) is 0 Å². The summed E-state index contributed by atoms with van der Waals surface area (Å²) in [6, 6.07) is 6.35. The largest absolute Gasteiger partial charge is 0.463 e. The monoisotopic (exact) mass is 332 g/mol. The van der Waals surface area contributed by atoms with Gasteiger partial charge in [-0.2, -0.15) is 0 Å². The number of hydrogen-bond donors (Lipinski definition) is 3. The highest BCUT2D eigenvalue weighted by Crippen LogP contribution is 2.22. The number of aliphatic hydroxyl groups is 1. The van der Waals surface area contributed by atoms with Crippen molar-refractivity contribution in [1.29, 1.82) is 0 Å². The number of furan rings is 1. The van der Waals surface area contributed by atoms with Crippen LogP contribution in [0.25, 0.3) is 0 Å². The van der Waals surface area contributed by atoms with E-state index in [9.17, 15) is 14.7 Å². The molecule has 6 nitrogen and oxygen atoms in total. The maximum absolute atomic E-state index is 12.3. The van der Waals surface area contributed by atoms with Crippen molar-refractivity contribution in [2.45, 2.75) is 39.7 Å². The molecule has 0 aliphatic heterocycles. The Hall–Kier alpha value is -2.34. The number of rotatable bonds is 6. The van der Waals surface area contributed by atoms with Gasteiger partial charge >= 0.3 is 0 Å². The van der Waals surface area contributed by atoms with E-state index >= 15 is 0 Å². The molecule has 1 unspecified atom stereocenters. The number of pyridine rings is 1. The molecule has 0 radical (unpaired) electrons. The second-order valence-corrected chi connectivity index (χ2v) is 6.72. The van der Waals surface area contributed by atoms with E-state index in [1.807, 2.05) is 13.8 Å². The molecule has 0 fully saturated rings. The number of aromatic nitrogens is 1. The quantitative estimate of drug-likeness (QED) is 0.755. The number of H-pyrrole nitrogens is 1. The third-order valence-electron chi connectivity index (χ3n) is 3.65. The highest BCUT2D eigenvalue weighted by Gasteiger charge is 2.27. The van der Waals surface area contributed by atoms with Crippen LogP contribution >= 0.6 is 0 Å². The Morgan fingerprint density at radius 3 is 2.67 bits per heavy atom. The highest BCUT2D eigenvalue weighted by atomic mass is 16.4. The summed E-state index contributed by atoms with van der Waals surface area (Å²) < 4.78 is 5.41. The minimum atomic E-state index is -1.33. The fourth-order valence-electron chi connectivity index (χ4n) is 2.45. The van der Waals surface area contributed by atoms with Crippen LogP contribution in [0.5, 0.6) is 0 Å². The lowest BCUT2D eigenvalue weighted by molar-refractivity contribution is 0.0323. The third kappa shape index (κ3) is 4.58. The first-order valence-electron chi connectivity index (χ1n) is 7.98. The van der Waals surface area contributed by atoms with E-state index in [1.54, 1.807) is 32.0 Å². The molecule has 1 atom stereocenters. The third-order valence-corrected chi connectivity index (χ3v) is 3.65. The molecule has 0 saturated carbocycles. The molecule has 2 rings (SSSR count). The molecule has 130 valence electrons. The number of amides is 1. The summed E-state index contributed by atoms with van der Waals surface area (Å²) in [4.78, 5) is 26.8. The van der Waals surface area contributed by atoms with E-state index in [4.69, 9.17) is 4.42 Å². The van der Waals surface area contributed by atoms with Crippen LogP contribution in [0.4, 0.5) is 0 Å². The minimum Gasteiger partial charge on any atom is -0.463 e. The van der Waals surface area contributed by atoms with Crippen LogP contribution in [-0.2, 0) is 12.0 Å². The van der Waals surface area contributed by atoms with E-state index in [0.29, 0.717) is 23.9 Å². The molecule has 2 aromatic heterocycles. The van der Waals surface area contributed by atoms with Crippen LogP contribution in [0.2, 0.25) is 0 Å². The lowest BCUT2D eigenvalue weighted by Gasteiger charge is -2.21. The lowest BCUT2D eigenvalue weighted by atomic mass is 10.0. The van der Waals surface area contributed by atoms with Crippen LogP contribution < -0.4 is 10.9 Å². The fourth-order valence-corrected chi connectivity index (χ4v) is 2.45. The van der Waals surface area contributed by atoms with Crippen molar-refractivity contribution in [2.24, 2.45) is 5.92 Å². The molecule has 0 aliphatic carbocycles. The smallest absolute Gasteiger partial charge is 0.251 e. The first kappa shape index (κ1) is 18.0. The Morgan fingerprint density at radius 1 is 1.38 bits per heavy atom. The van der Waals surface area contributed by atoms with Gasteiger partial charge in [0.2, 0.25) is 5.56 Å². The molecule has 0 spiro atoms. The Bertz CT molecular complexity index is 771. The number of carbonyl (C=O) groups excluding carboxylic acids is 1. The summed E-state index contributed by atoms with van der Waals surface area (Å²) in [7, 11) is 0. The van der Waals surface area contributed by atoms with Crippen molar-refractivity contribution in [2.75, 3.05) is 6.54 Å². The zero-order valence-corrected chi connectivity index (χ0v) is 14.5. The SMILES string of the molecule is Cc1ccc(C(C)(O)CNC(=O)c2cc(CC(C)C)[nH]c(=O)c2)o1. The summed E-state index contributed by atoms with van der Waals surface area (Å²) >= 11 is 0. The normalized spacial score (nSPS) is 13.8. The first-order valence-corrected chi connectivity index (χ1v) is 7.98. The lowest BCUT2D eigenvalue weighted by Crippen LogP contribution is -2.38. The summed E-state index contributed by atoms with van der Waals surface area (Å²) in [5.74, 6) is 1.02. The van der Waals surface area contributed by atoms with Crippen LogP contribution in [-0.4, -0.2) is 22.5 Å². The molecular weight excluding hydrogens is 308 g/mol. The molecule has 0 aromatic carbocycles. The van der Waals surface area contributed by atoms with Crippen LogP contribution in [0, 0.1) is 12.8 Å². The number of aryl methyl sites for hydroxylation is 1. The molecule has 2 heterocycles. The topological polar surface area (TPSA) is 95.3 Å². The van der Waals surface area contributed by atoms with Gasteiger partial charge in [0.15, 0.2) is 0 Å². The van der Waals surface area contributed by atoms with Crippen molar-refractivity contribution in [3.63, 3.8) is 0 Å². The zero-order valence-electron chi connectivity index (χ0n) is 14.5. The van der Waals surface area contributed by atoms with Gasteiger partial charge in [-0.05, 0) is 44.4 Å². The van der Waals surface area contributed by atoms with E-state index < -0.39 is 11.5 Å².